The zero-order valence-corrected chi connectivity index (χ0v) is 15.2. The molecule has 6 heteroatoms. The number of anilines is 1. The summed E-state index contributed by atoms with van der Waals surface area (Å²) >= 11 is 0. The Morgan fingerprint density at radius 3 is 2.64 bits per heavy atom. The second kappa shape index (κ2) is 7.96. The smallest absolute Gasteiger partial charge is 0.410 e. The molecule has 0 spiro atoms. The van der Waals surface area contributed by atoms with Gasteiger partial charge in [-0.15, -0.1) is 0 Å². The van der Waals surface area contributed by atoms with E-state index in [4.69, 9.17) is 4.74 Å². The highest BCUT2D eigenvalue weighted by molar-refractivity contribution is 6.00. The van der Waals surface area contributed by atoms with Crippen molar-refractivity contribution in [3.8, 4) is 0 Å². The molecule has 1 heterocycles. The molecule has 0 saturated heterocycles. The minimum atomic E-state index is -0.524. The number of hydrogen-bond donors (Lipinski definition) is 1. The highest BCUT2D eigenvalue weighted by atomic mass is 16.6. The molecule has 0 fully saturated rings. The number of para-hydroxylation sites is 1. The number of carbonyl (C=O) groups is 2. The summed E-state index contributed by atoms with van der Waals surface area (Å²) in [5.74, 6) is -0.101. The SMILES string of the molecule is CN(CCCC(=O)Nc1cccc2cccnc12)C(=O)OC(C)(C)C. The molecule has 0 atom stereocenters. The summed E-state index contributed by atoms with van der Waals surface area (Å²) in [5, 5.41) is 3.87. The molecule has 6 nitrogen and oxygen atoms in total. The highest BCUT2D eigenvalue weighted by Gasteiger charge is 2.19. The minimum absolute atomic E-state index is 0.101. The van der Waals surface area contributed by atoms with E-state index in [-0.39, 0.29) is 12.0 Å². The second-order valence-electron chi connectivity index (χ2n) is 6.93. The van der Waals surface area contributed by atoms with E-state index in [9.17, 15) is 9.59 Å². The van der Waals surface area contributed by atoms with Crippen LogP contribution >= 0.6 is 0 Å². The predicted octanol–water partition coefficient (Wildman–Crippen LogP) is 3.82. The van der Waals surface area contributed by atoms with Crippen LogP contribution in [0.5, 0.6) is 0 Å². The standard InChI is InChI=1S/C19H25N3O3/c1-19(2,3)25-18(24)22(4)13-7-11-16(23)21-15-10-5-8-14-9-6-12-20-17(14)15/h5-6,8-10,12H,7,11,13H2,1-4H3,(H,21,23). The number of hydrogen-bond acceptors (Lipinski definition) is 4. The molecule has 0 aliphatic carbocycles. The Hall–Kier alpha value is -2.63. The fraction of sp³-hybridized carbons (Fsp3) is 0.421. The van der Waals surface area contributed by atoms with Crippen LogP contribution in [0.4, 0.5) is 10.5 Å². The normalized spacial score (nSPS) is 11.2. The molecular formula is C19H25N3O3. The van der Waals surface area contributed by atoms with Gasteiger partial charge in [0.05, 0.1) is 11.2 Å². The average Bonchev–Trinajstić information content (AvgIpc) is 2.53. The summed E-state index contributed by atoms with van der Waals surface area (Å²) < 4.78 is 5.28. The molecule has 0 aliphatic heterocycles. The number of nitrogens with one attached hydrogen (secondary N) is 1. The maximum atomic E-state index is 12.2. The van der Waals surface area contributed by atoms with Gasteiger partial charge in [-0.25, -0.2) is 4.79 Å². The maximum absolute atomic E-state index is 12.2. The fourth-order valence-corrected chi connectivity index (χ4v) is 2.33. The lowest BCUT2D eigenvalue weighted by molar-refractivity contribution is -0.116. The molecule has 25 heavy (non-hydrogen) atoms. The van der Waals surface area contributed by atoms with Crippen molar-refractivity contribution < 1.29 is 14.3 Å². The summed E-state index contributed by atoms with van der Waals surface area (Å²) in [6.45, 7) is 5.93. The summed E-state index contributed by atoms with van der Waals surface area (Å²) in [5.41, 5.74) is 0.942. The molecular weight excluding hydrogens is 318 g/mol. The van der Waals surface area contributed by atoms with Gasteiger partial charge >= 0.3 is 6.09 Å². The number of rotatable bonds is 5. The van der Waals surface area contributed by atoms with Gasteiger partial charge in [-0.3, -0.25) is 9.78 Å². The van der Waals surface area contributed by atoms with Gasteiger partial charge in [0, 0.05) is 31.6 Å². The Kier molecular flexibility index (Phi) is 5.96. The Balaban J connectivity index is 1.84. The maximum Gasteiger partial charge on any atom is 0.410 e. The lowest BCUT2D eigenvalue weighted by Crippen LogP contribution is -2.35. The van der Waals surface area contributed by atoms with Gasteiger partial charge < -0.3 is 15.0 Å². The van der Waals surface area contributed by atoms with Gasteiger partial charge in [-0.05, 0) is 39.3 Å². The molecule has 1 aromatic carbocycles. The van der Waals surface area contributed by atoms with Crippen LogP contribution in [-0.2, 0) is 9.53 Å². The minimum Gasteiger partial charge on any atom is -0.444 e. The van der Waals surface area contributed by atoms with Gasteiger partial charge in [-0.1, -0.05) is 18.2 Å². The largest absolute Gasteiger partial charge is 0.444 e. The van der Waals surface area contributed by atoms with Crippen LogP contribution in [0.15, 0.2) is 36.5 Å². The Morgan fingerprint density at radius 1 is 1.20 bits per heavy atom. The monoisotopic (exact) mass is 343 g/mol. The first kappa shape index (κ1) is 18.7. The van der Waals surface area contributed by atoms with E-state index in [1.165, 1.54) is 4.90 Å². The third-order valence-electron chi connectivity index (χ3n) is 3.51. The number of benzene rings is 1. The zero-order chi connectivity index (χ0) is 18.4. The van der Waals surface area contributed by atoms with Crippen molar-refractivity contribution >= 4 is 28.6 Å². The number of amides is 2. The number of nitrogens with zero attached hydrogens (tertiary/aromatic N) is 2. The molecule has 0 aliphatic rings. The first-order valence-electron chi connectivity index (χ1n) is 8.34. The summed E-state index contributed by atoms with van der Waals surface area (Å²) in [6, 6.07) is 9.48. The first-order valence-corrected chi connectivity index (χ1v) is 8.34. The zero-order valence-electron chi connectivity index (χ0n) is 15.2. The van der Waals surface area contributed by atoms with Crippen LogP contribution in [0.25, 0.3) is 10.9 Å². The Bertz CT molecular complexity index is 748. The van der Waals surface area contributed by atoms with Gasteiger partial charge in [0.2, 0.25) is 5.91 Å². The Morgan fingerprint density at radius 2 is 1.92 bits per heavy atom. The first-order chi connectivity index (χ1) is 11.8. The molecule has 1 aromatic heterocycles. The summed E-state index contributed by atoms with van der Waals surface area (Å²) in [4.78, 5) is 29.8. The fourth-order valence-electron chi connectivity index (χ4n) is 2.33. The van der Waals surface area contributed by atoms with E-state index in [1.54, 1.807) is 13.2 Å². The number of fused-ring (bicyclic) bond motifs is 1. The van der Waals surface area contributed by atoms with Crippen molar-refractivity contribution in [2.45, 2.75) is 39.2 Å². The van der Waals surface area contributed by atoms with E-state index < -0.39 is 5.60 Å². The van der Waals surface area contributed by atoms with Crippen LogP contribution < -0.4 is 5.32 Å². The number of pyridine rings is 1. The van der Waals surface area contributed by atoms with E-state index >= 15 is 0 Å². The van der Waals surface area contributed by atoms with Crippen LogP contribution in [-0.4, -0.2) is 41.1 Å². The topological polar surface area (TPSA) is 71.5 Å². The summed E-state index contributed by atoms with van der Waals surface area (Å²) in [6.07, 6.45) is 2.19. The van der Waals surface area contributed by atoms with E-state index in [2.05, 4.69) is 10.3 Å². The van der Waals surface area contributed by atoms with Crippen molar-refractivity contribution in [1.82, 2.24) is 9.88 Å². The molecule has 0 unspecified atom stereocenters. The number of aromatic nitrogens is 1. The summed E-state index contributed by atoms with van der Waals surface area (Å²) in [7, 11) is 1.67. The lowest BCUT2D eigenvalue weighted by atomic mass is 10.2. The van der Waals surface area contributed by atoms with Gasteiger partial charge in [-0.2, -0.15) is 0 Å². The van der Waals surface area contributed by atoms with Crippen molar-refractivity contribution in [3.63, 3.8) is 0 Å². The van der Waals surface area contributed by atoms with Crippen molar-refractivity contribution in [2.75, 3.05) is 18.9 Å². The van der Waals surface area contributed by atoms with Crippen molar-refractivity contribution in [3.05, 3.63) is 36.5 Å². The number of ether oxygens (including phenoxy) is 1. The van der Waals surface area contributed by atoms with Gasteiger partial charge in [0.1, 0.15) is 5.60 Å². The van der Waals surface area contributed by atoms with Crippen LogP contribution in [0.3, 0.4) is 0 Å². The molecule has 2 rings (SSSR count). The van der Waals surface area contributed by atoms with Gasteiger partial charge in [0.15, 0.2) is 0 Å². The van der Waals surface area contributed by atoms with E-state index in [0.29, 0.717) is 25.1 Å². The third-order valence-corrected chi connectivity index (χ3v) is 3.51. The molecule has 2 amide bonds. The molecule has 0 bridgehead atoms. The van der Waals surface area contributed by atoms with Crippen LogP contribution in [0, 0.1) is 0 Å². The average molecular weight is 343 g/mol. The molecule has 2 aromatic rings. The predicted molar refractivity (Wildman–Crippen MR) is 98.5 cm³/mol. The van der Waals surface area contributed by atoms with Crippen molar-refractivity contribution in [2.24, 2.45) is 0 Å². The number of carbonyl (C=O) groups excluding carboxylic acids is 2. The molecule has 1 N–H and O–H groups in total. The molecule has 134 valence electrons. The quantitative estimate of drug-likeness (QED) is 0.896. The lowest BCUT2D eigenvalue weighted by Gasteiger charge is -2.24. The van der Waals surface area contributed by atoms with E-state index in [0.717, 1.165) is 10.9 Å². The van der Waals surface area contributed by atoms with Crippen molar-refractivity contribution in [1.29, 1.82) is 0 Å². The van der Waals surface area contributed by atoms with Crippen LogP contribution in [0.2, 0.25) is 0 Å². The van der Waals surface area contributed by atoms with Gasteiger partial charge in [0.25, 0.3) is 0 Å². The molecule has 0 saturated carbocycles. The Labute approximate surface area is 148 Å². The van der Waals surface area contributed by atoms with E-state index in [1.807, 2.05) is 51.1 Å². The highest BCUT2D eigenvalue weighted by Crippen LogP contribution is 2.20. The molecule has 0 radical (unpaired) electrons. The van der Waals surface area contributed by atoms with Crippen LogP contribution in [0.1, 0.15) is 33.6 Å². The second-order valence-corrected chi connectivity index (χ2v) is 6.93. The third kappa shape index (κ3) is 5.74.